The molecule has 7 heteroatoms. The molecular weight excluding hydrogens is 326 g/mol. The third-order valence-electron chi connectivity index (χ3n) is 3.09. The van der Waals surface area contributed by atoms with Gasteiger partial charge in [-0.05, 0) is 44.2 Å². The molecular formula is C18H19NO6. The number of carbonyl (C=O) groups is 3. The van der Waals surface area contributed by atoms with Crippen LogP contribution in [0.2, 0.25) is 0 Å². The van der Waals surface area contributed by atoms with E-state index in [-0.39, 0.29) is 11.1 Å². The summed E-state index contributed by atoms with van der Waals surface area (Å²) in [5.74, 6) is -2.63. The molecule has 0 spiro atoms. The number of hydrogen-bond acceptors (Lipinski definition) is 4. The van der Waals surface area contributed by atoms with Crippen molar-refractivity contribution < 1.29 is 29.3 Å². The fourth-order valence-corrected chi connectivity index (χ4v) is 1.87. The first kappa shape index (κ1) is 19.7. The zero-order valence-corrected chi connectivity index (χ0v) is 13.9. The summed E-state index contributed by atoms with van der Waals surface area (Å²) in [5.41, 5.74) is 5.36. The van der Waals surface area contributed by atoms with E-state index >= 15 is 0 Å². The van der Waals surface area contributed by atoms with Crippen LogP contribution in [0.25, 0.3) is 0 Å². The van der Waals surface area contributed by atoms with Crippen molar-refractivity contribution in [3.8, 4) is 5.75 Å². The van der Waals surface area contributed by atoms with E-state index in [2.05, 4.69) is 6.92 Å². The molecule has 0 aromatic heterocycles. The molecule has 0 atom stereocenters. The molecule has 0 saturated carbocycles. The molecule has 4 N–H and O–H groups in total. The lowest BCUT2D eigenvalue weighted by molar-refractivity contribution is 0.0692. The van der Waals surface area contributed by atoms with Gasteiger partial charge in [0.15, 0.2) is 0 Å². The Bertz CT molecular complexity index is 768. The monoisotopic (exact) mass is 345 g/mol. The van der Waals surface area contributed by atoms with Crippen LogP contribution in [-0.2, 0) is 0 Å². The van der Waals surface area contributed by atoms with Gasteiger partial charge in [0.2, 0.25) is 5.91 Å². The molecule has 0 aliphatic heterocycles. The predicted molar refractivity (Wildman–Crippen MR) is 91.2 cm³/mol. The lowest BCUT2D eigenvalue weighted by Gasteiger charge is -2.02. The SMILES string of the molecule is CCOc1ccc(C)cc1.NC(=O)c1ccc(C(=O)O)cc1C(=O)O. The summed E-state index contributed by atoms with van der Waals surface area (Å²) in [5, 5.41) is 17.3. The van der Waals surface area contributed by atoms with E-state index in [4.69, 9.17) is 20.7 Å². The molecule has 0 aliphatic carbocycles. The maximum absolute atomic E-state index is 10.8. The zero-order valence-electron chi connectivity index (χ0n) is 13.9. The average molecular weight is 345 g/mol. The highest BCUT2D eigenvalue weighted by molar-refractivity contribution is 6.05. The molecule has 0 saturated heterocycles. The number of benzene rings is 2. The second-order valence-corrected chi connectivity index (χ2v) is 4.98. The number of aromatic carboxylic acids is 2. The maximum atomic E-state index is 10.8. The van der Waals surface area contributed by atoms with Crippen LogP contribution in [0, 0.1) is 6.92 Å². The Morgan fingerprint density at radius 1 is 0.960 bits per heavy atom. The second kappa shape index (κ2) is 9.07. The Balaban J connectivity index is 0.000000271. The number of rotatable bonds is 5. The summed E-state index contributed by atoms with van der Waals surface area (Å²) in [6.45, 7) is 4.79. The number of carboxylic acid groups (broad SMARTS) is 2. The van der Waals surface area contributed by atoms with Gasteiger partial charge < -0.3 is 20.7 Å². The summed E-state index contributed by atoms with van der Waals surface area (Å²) < 4.78 is 5.26. The molecule has 132 valence electrons. The van der Waals surface area contributed by atoms with E-state index in [9.17, 15) is 14.4 Å². The van der Waals surface area contributed by atoms with E-state index in [1.54, 1.807) is 0 Å². The highest BCUT2D eigenvalue weighted by atomic mass is 16.5. The van der Waals surface area contributed by atoms with Crippen LogP contribution in [0.3, 0.4) is 0 Å². The third kappa shape index (κ3) is 5.98. The van der Waals surface area contributed by atoms with Crippen LogP contribution < -0.4 is 10.5 Å². The fourth-order valence-electron chi connectivity index (χ4n) is 1.87. The Labute approximate surface area is 144 Å². The summed E-state index contributed by atoms with van der Waals surface area (Å²) >= 11 is 0. The first-order valence-corrected chi connectivity index (χ1v) is 7.36. The number of hydrogen-bond donors (Lipinski definition) is 3. The molecule has 2 rings (SSSR count). The Hall–Kier alpha value is -3.35. The molecule has 0 heterocycles. The fraction of sp³-hybridized carbons (Fsp3) is 0.167. The number of ether oxygens (including phenoxy) is 1. The molecule has 0 radical (unpaired) electrons. The van der Waals surface area contributed by atoms with Crippen LogP contribution in [0.5, 0.6) is 5.75 Å². The molecule has 0 bridgehead atoms. The number of carboxylic acids is 2. The van der Waals surface area contributed by atoms with Crippen molar-refractivity contribution in [2.75, 3.05) is 6.61 Å². The first-order valence-electron chi connectivity index (χ1n) is 7.36. The molecule has 7 nitrogen and oxygen atoms in total. The largest absolute Gasteiger partial charge is 0.494 e. The Kier molecular flexibility index (Phi) is 7.15. The summed E-state index contributed by atoms with van der Waals surface area (Å²) in [7, 11) is 0. The van der Waals surface area contributed by atoms with Crippen molar-refractivity contribution in [3.05, 3.63) is 64.7 Å². The Morgan fingerprint density at radius 3 is 2.00 bits per heavy atom. The van der Waals surface area contributed by atoms with Crippen molar-refractivity contribution in [2.45, 2.75) is 13.8 Å². The van der Waals surface area contributed by atoms with Gasteiger partial charge in [-0.3, -0.25) is 4.79 Å². The minimum Gasteiger partial charge on any atom is -0.494 e. The maximum Gasteiger partial charge on any atom is 0.336 e. The molecule has 25 heavy (non-hydrogen) atoms. The molecule has 0 unspecified atom stereocenters. The van der Waals surface area contributed by atoms with Crippen molar-refractivity contribution in [3.63, 3.8) is 0 Å². The van der Waals surface area contributed by atoms with E-state index in [1.165, 1.54) is 5.56 Å². The van der Waals surface area contributed by atoms with Gasteiger partial charge in [-0.2, -0.15) is 0 Å². The van der Waals surface area contributed by atoms with Gasteiger partial charge in [0.1, 0.15) is 5.75 Å². The predicted octanol–water partition coefficient (Wildman–Crippen LogP) is 2.58. The molecule has 0 aliphatic rings. The van der Waals surface area contributed by atoms with Crippen LogP contribution in [0.15, 0.2) is 42.5 Å². The average Bonchev–Trinajstić information content (AvgIpc) is 2.57. The lowest BCUT2D eigenvalue weighted by Crippen LogP contribution is -2.17. The highest BCUT2D eigenvalue weighted by Crippen LogP contribution is 2.12. The van der Waals surface area contributed by atoms with Crippen LogP contribution in [0.4, 0.5) is 0 Å². The molecule has 2 aromatic carbocycles. The lowest BCUT2D eigenvalue weighted by atomic mass is 10.0. The van der Waals surface area contributed by atoms with E-state index < -0.39 is 23.4 Å². The van der Waals surface area contributed by atoms with Crippen LogP contribution in [0.1, 0.15) is 43.6 Å². The molecule has 1 amide bonds. The van der Waals surface area contributed by atoms with Gasteiger partial charge in [0.25, 0.3) is 0 Å². The van der Waals surface area contributed by atoms with Crippen molar-refractivity contribution in [1.82, 2.24) is 0 Å². The van der Waals surface area contributed by atoms with E-state index in [0.717, 1.165) is 30.6 Å². The zero-order chi connectivity index (χ0) is 19.0. The van der Waals surface area contributed by atoms with Crippen molar-refractivity contribution in [2.24, 2.45) is 5.73 Å². The van der Waals surface area contributed by atoms with Gasteiger partial charge >= 0.3 is 11.9 Å². The summed E-state index contributed by atoms with van der Waals surface area (Å²) in [6.07, 6.45) is 0. The standard InChI is InChI=1S/C9H7NO5.C9H12O/c10-7(11)5-2-1-4(8(12)13)3-6(5)9(14)15;1-3-10-9-6-4-8(2)5-7-9/h1-3H,(H2,10,11)(H,12,13)(H,14,15);4-7H,3H2,1-2H3. The smallest absolute Gasteiger partial charge is 0.336 e. The van der Waals surface area contributed by atoms with Gasteiger partial charge in [-0.25, -0.2) is 9.59 Å². The van der Waals surface area contributed by atoms with Gasteiger partial charge in [0.05, 0.1) is 23.3 Å². The number of primary amides is 1. The van der Waals surface area contributed by atoms with Crippen molar-refractivity contribution in [1.29, 1.82) is 0 Å². The third-order valence-corrected chi connectivity index (χ3v) is 3.09. The topological polar surface area (TPSA) is 127 Å². The van der Waals surface area contributed by atoms with Gasteiger partial charge in [0, 0.05) is 0 Å². The van der Waals surface area contributed by atoms with Gasteiger partial charge in [-0.1, -0.05) is 17.7 Å². The Morgan fingerprint density at radius 2 is 1.56 bits per heavy atom. The van der Waals surface area contributed by atoms with Crippen molar-refractivity contribution >= 4 is 17.8 Å². The highest BCUT2D eigenvalue weighted by Gasteiger charge is 2.16. The summed E-state index contributed by atoms with van der Waals surface area (Å²) in [4.78, 5) is 32.1. The molecule has 2 aromatic rings. The van der Waals surface area contributed by atoms with E-state index in [0.29, 0.717) is 0 Å². The van der Waals surface area contributed by atoms with Crippen LogP contribution in [-0.4, -0.2) is 34.7 Å². The number of amides is 1. The minimum absolute atomic E-state index is 0.211. The normalized spacial score (nSPS) is 9.52. The van der Waals surface area contributed by atoms with Gasteiger partial charge in [-0.15, -0.1) is 0 Å². The summed E-state index contributed by atoms with van der Waals surface area (Å²) in [6, 6.07) is 11.2. The number of carbonyl (C=O) groups excluding carboxylic acids is 1. The number of aryl methyl sites for hydroxylation is 1. The first-order chi connectivity index (χ1) is 11.8. The second-order valence-electron chi connectivity index (χ2n) is 4.98. The van der Waals surface area contributed by atoms with E-state index in [1.807, 2.05) is 31.2 Å². The quantitative estimate of drug-likeness (QED) is 0.764. The number of nitrogens with two attached hydrogens (primary N) is 1. The van der Waals surface area contributed by atoms with Crippen LogP contribution >= 0.6 is 0 Å². The molecule has 0 fully saturated rings. The minimum atomic E-state index is -1.40.